The van der Waals surface area contributed by atoms with Crippen LogP contribution in [0.3, 0.4) is 0 Å². The molecule has 1 saturated carbocycles. The van der Waals surface area contributed by atoms with E-state index in [0.717, 1.165) is 12.8 Å². The lowest BCUT2D eigenvalue weighted by atomic mass is 9.75. The molecule has 0 atom stereocenters. The average Bonchev–Trinajstić information content (AvgIpc) is 2.57. The molecule has 1 aromatic carbocycles. The first-order valence-corrected chi connectivity index (χ1v) is 6.16. The highest BCUT2D eigenvalue weighted by Gasteiger charge is 2.30. The van der Waals surface area contributed by atoms with E-state index in [4.69, 9.17) is 5.73 Å². The largest absolute Gasteiger partial charge is 0.359 e. The number of benzene rings is 1. The molecule has 0 heterocycles. The second-order valence-electron chi connectivity index (χ2n) is 4.63. The SMILES string of the molecule is NC#CC1(c2ccccc2)CCCCCC1. The highest BCUT2D eigenvalue weighted by atomic mass is 14.5. The van der Waals surface area contributed by atoms with Crippen LogP contribution in [-0.2, 0) is 5.41 Å². The Morgan fingerprint density at radius 3 is 2.12 bits per heavy atom. The zero-order valence-electron chi connectivity index (χ0n) is 9.71. The summed E-state index contributed by atoms with van der Waals surface area (Å²) < 4.78 is 0. The third-order valence-electron chi connectivity index (χ3n) is 3.59. The lowest BCUT2D eigenvalue weighted by Gasteiger charge is -2.27. The molecule has 84 valence electrons. The lowest BCUT2D eigenvalue weighted by Crippen LogP contribution is -2.23. The molecular weight excluding hydrogens is 194 g/mol. The molecule has 0 saturated heterocycles. The summed E-state index contributed by atoms with van der Waals surface area (Å²) in [6.45, 7) is 0. The van der Waals surface area contributed by atoms with Crippen LogP contribution in [0, 0.1) is 12.0 Å². The van der Waals surface area contributed by atoms with Crippen molar-refractivity contribution in [3.63, 3.8) is 0 Å². The van der Waals surface area contributed by atoms with Gasteiger partial charge in [-0.2, -0.15) is 0 Å². The van der Waals surface area contributed by atoms with Crippen LogP contribution in [0.25, 0.3) is 0 Å². The van der Waals surface area contributed by atoms with Gasteiger partial charge in [0.15, 0.2) is 0 Å². The summed E-state index contributed by atoms with van der Waals surface area (Å²) in [7, 11) is 0. The van der Waals surface area contributed by atoms with Crippen LogP contribution in [0.1, 0.15) is 44.1 Å². The van der Waals surface area contributed by atoms with Gasteiger partial charge in [0.1, 0.15) is 0 Å². The van der Waals surface area contributed by atoms with Gasteiger partial charge in [0.2, 0.25) is 0 Å². The first-order chi connectivity index (χ1) is 7.87. The van der Waals surface area contributed by atoms with E-state index in [1.807, 2.05) is 0 Å². The first kappa shape index (κ1) is 11.1. The van der Waals surface area contributed by atoms with Crippen molar-refractivity contribution in [2.24, 2.45) is 5.73 Å². The Kier molecular flexibility index (Phi) is 3.51. The van der Waals surface area contributed by atoms with E-state index in [1.165, 1.54) is 31.2 Å². The van der Waals surface area contributed by atoms with Gasteiger partial charge in [0.05, 0.1) is 5.41 Å². The van der Waals surface area contributed by atoms with E-state index in [0.29, 0.717) is 0 Å². The molecule has 2 N–H and O–H groups in total. The fraction of sp³-hybridized carbons (Fsp3) is 0.467. The second-order valence-corrected chi connectivity index (χ2v) is 4.63. The van der Waals surface area contributed by atoms with E-state index >= 15 is 0 Å². The zero-order valence-corrected chi connectivity index (χ0v) is 9.71. The second kappa shape index (κ2) is 5.07. The third kappa shape index (κ3) is 2.22. The Balaban J connectivity index is 2.36. The van der Waals surface area contributed by atoms with Gasteiger partial charge in [0, 0.05) is 6.04 Å². The van der Waals surface area contributed by atoms with Gasteiger partial charge in [-0.05, 0) is 18.4 Å². The van der Waals surface area contributed by atoms with Crippen molar-refractivity contribution in [1.29, 1.82) is 0 Å². The summed E-state index contributed by atoms with van der Waals surface area (Å²) >= 11 is 0. The Morgan fingerprint density at radius 1 is 0.938 bits per heavy atom. The van der Waals surface area contributed by atoms with Crippen molar-refractivity contribution in [1.82, 2.24) is 0 Å². The normalized spacial score (nSPS) is 19.2. The predicted molar refractivity (Wildman–Crippen MR) is 67.8 cm³/mol. The van der Waals surface area contributed by atoms with Gasteiger partial charge in [0.25, 0.3) is 0 Å². The Hall–Kier alpha value is -1.42. The number of hydrogen-bond donors (Lipinski definition) is 1. The van der Waals surface area contributed by atoms with Crippen molar-refractivity contribution in [2.45, 2.75) is 43.9 Å². The van der Waals surface area contributed by atoms with Crippen molar-refractivity contribution in [3.05, 3.63) is 35.9 Å². The zero-order chi connectivity index (χ0) is 11.3. The molecular formula is C15H19N. The molecule has 1 aliphatic rings. The van der Waals surface area contributed by atoms with Crippen molar-refractivity contribution >= 4 is 0 Å². The van der Waals surface area contributed by atoms with Crippen LogP contribution in [-0.4, -0.2) is 0 Å². The third-order valence-corrected chi connectivity index (χ3v) is 3.59. The number of hydrogen-bond acceptors (Lipinski definition) is 1. The summed E-state index contributed by atoms with van der Waals surface area (Å²) in [5.41, 5.74) is 6.83. The standard InChI is InChI=1S/C15H19N/c16-13-12-15(10-6-1-2-7-11-15)14-8-4-3-5-9-14/h3-5,8-9H,1-2,6-7,10-11,16H2. The van der Waals surface area contributed by atoms with Gasteiger partial charge in [-0.15, -0.1) is 0 Å². The van der Waals surface area contributed by atoms with E-state index < -0.39 is 0 Å². The molecule has 0 spiro atoms. The van der Waals surface area contributed by atoms with E-state index in [2.05, 4.69) is 42.3 Å². The Morgan fingerprint density at radius 2 is 1.56 bits per heavy atom. The molecule has 1 aliphatic carbocycles. The maximum atomic E-state index is 5.47. The smallest absolute Gasteiger partial charge is 0.0581 e. The number of rotatable bonds is 1. The topological polar surface area (TPSA) is 26.0 Å². The monoisotopic (exact) mass is 213 g/mol. The molecule has 1 nitrogen and oxygen atoms in total. The van der Waals surface area contributed by atoms with Gasteiger partial charge in [-0.1, -0.05) is 61.9 Å². The lowest BCUT2D eigenvalue weighted by molar-refractivity contribution is 0.480. The summed E-state index contributed by atoms with van der Waals surface area (Å²) in [6, 6.07) is 13.3. The van der Waals surface area contributed by atoms with Crippen LogP contribution < -0.4 is 5.73 Å². The first-order valence-electron chi connectivity index (χ1n) is 6.16. The minimum absolute atomic E-state index is 0.0203. The molecule has 1 heteroatoms. The molecule has 0 amide bonds. The molecule has 0 unspecified atom stereocenters. The fourth-order valence-electron chi connectivity index (χ4n) is 2.71. The molecule has 1 aromatic rings. The Labute approximate surface area is 98.0 Å². The van der Waals surface area contributed by atoms with Crippen LogP contribution in [0.5, 0.6) is 0 Å². The minimum atomic E-state index is 0.0203. The van der Waals surface area contributed by atoms with Gasteiger partial charge >= 0.3 is 0 Å². The molecule has 2 rings (SSSR count). The fourth-order valence-corrected chi connectivity index (χ4v) is 2.71. The number of nitrogens with two attached hydrogens (primary N) is 1. The molecule has 0 aliphatic heterocycles. The molecule has 0 bridgehead atoms. The van der Waals surface area contributed by atoms with Crippen molar-refractivity contribution in [3.8, 4) is 12.0 Å². The van der Waals surface area contributed by atoms with Gasteiger partial charge in [-0.25, -0.2) is 0 Å². The van der Waals surface area contributed by atoms with Gasteiger partial charge in [-0.3, -0.25) is 0 Å². The molecule has 16 heavy (non-hydrogen) atoms. The van der Waals surface area contributed by atoms with Crippen LogP contribution >= 0.6 is 0 Å². The summed E-state index contributed by atoms with van der Waals surface area (Å²) in [5, 5.41) is 0. The molecule has 0 radical (unpaired) electrons. The van der Waals surface area contributed by atoms with Crippen molar-refractivity contribution in [2.75, 3.05) is 0 Å². The Bertz CT molecular complexity index is 375. The van der Waals surface area contributed by atoms with E-state index in [1.54, 1.807) is 0 Å². The summed E-state index contributed by atoms with van der Waals surface area (Å²) in [5.74, 6) is 3.28. The summed E-state index contributed by atoms with van der Waals surface area (Å²) in [4.78, 5) is 0. The predicted octanol–water partition coefficient (Wildman–Crippen LogP) is 3.20. The van der Waals surface area contributed by atoms with Crippen LogP contribution in [0.15, 0.2) is 30.3 Å². The van der Waals surface area contributed by atoms with E-state index in [-0.39, 0.29) is 5.41 Å². The highest BCUT2D eigenvalue weighted by Crippen LogP contribution is 2.37. The minimum Gasteiger partial charge on any atom is -0.359 e. The molecule has 0 aromatic heterocycles. The van der Waals surface area contributed by atoms with Crippen LogP contribution in [0.4, 0.5) is 0 Å². The van der Waals surface area contributed by atoms with Gasteiger partial charge < -0.3 is 5.73 Å². The van der Waals surface area contributed by atoms with Crippen molar-refractivity contribution < 1.29 is 0 Å². The van der Waals surface area contributed by atoms with E-state index in [9.17, 15) is 0 Å². The maximum absolute atomic E-state index is 5.47. The van der Waals surface area contributed by atoms with Crippen LogP contribution in [0.2, 0.25) is 0 Å². The molecule has 1 fully saturated rings. The maximum Gasteiger partial charge on any atom is 0.0581 e. The highest BCUT2D eigenvalue weighted by molar-refractivity contribution is 5.35. The quantitative estimate of drug-likeness (QED) is 0.433. The summed E-state index contributed by atoms with van der Waals surface area (Å²) in [6.07, 6.45) is 7.51. The average molecular weight is 213 g/mol.